The molecule has 2 aromatic heterocycles. The van der Waals surface area contributed by atoms with Gasteiger partial charge in [0.05, 0.1) is 17.4 Å². The smallest absolute Gasteiger partial charge is 0.185 e. The second-order valence-corrected chi connectivity index (χ2v) is 2.50. The Morgan fingerprint density at radius 2 is 2.42 bits per heavy atom. The highest BCUT2D eigenvalue weighted by atomic mass is 16.1. The second kappa shape index (κ2) is 2.41. The molecule has 0 radical (unpaired) electrons. The third-order valence-corrected chi connectivity index (χ3v) is 1.76. The molecule has 0 N–H and O–H groups in total. The van der Waals surface area contributed by atoms with E-state index < -0.39 is 0 Å². The average Bonchev–Trinajstić information content (AvgIpc) is 2.44. The lowest BCUT2D eigenvalue weighted by molar-refractivity contribution is 0.111. The van der Waals surface area contributed by atoms with Gasteiger partial charge in [-0.2, -0.15) is 0 Å². The van der Waals surface area contributed by atoms with E-state index in [0.29, 0.717) is 5.82 Å². The van der Waals surface area contributed by atoms with E-state index in [0.717, 1.165) is 17.5 Å². The molecular formula is C8H7N3O. The third-order valence-electron chi connectivity index (χ3n) is 1.76. The molecule has 0 unspecified atom stereocenters. The van der Waals surface area contributed by atoms with Crippen molar-refractivity contribution in [3.63, 3.8) is 0 Å². The van der Waals surface area contributed by atoms with Gasteiger partial charge in [0.1, 0.15) is 0 Å². The topological polar surface area (TPSA) is 47.3 Å². The van der Waals surface area contributed by atoms with Crippen molar-refractivity contribution < 1.29 is 4.79 Å². The van der Waals surface area contributed by atoms with Crippen molar-refractivity contribution in [1.82, 2.24) is 14.4 Å². The van der Waals surface area contributed by atoms with E-state index in [1.165, 1.54) is 0 Å². The Hall–Kier alpha value is -1.71. The third kappa shape index (κ3) is 0.812. The fraction of sp³-hybridized carbons (Fsp3) is 0.125. The normalized spacial score (nSPS) is 10.4. The second-order valence-electron chi connectivity index (χ2n) is 2.50. The zero-order valence-corrected chi connectivity index (χ0v) is 6.56. The van der Waals surface area contributed by atoms with Crippen LogP contribution in [0.1, 0.15) is 16.3 Å². The lowest BCUT2D eigenvalue weighted by Gasteiger charge is -1.91. The van der Waals surface area contributed by atoms with Crippen molar-refractivity contribution in [2.75, 3.05) is 0 Å². The fourth-order valence-corrected chi connectivity index (χ4v) is 1.19. The Morgan fingerprint density at radius 3 is 3.17 bits per heavy atom. The molecule has 0 bridgehead atoms. The first-order chi connectivity index (χ1) is 5.83. The summed E-state index contributed by atoms with van der Waals surface area (Å²) in [6.07, 6.45) is 5.77. The number of fused-ring (bicyclic) bond motifs is 1. The molecule has 2 aromatic rings. The first kappa shape index (κ1) is 6.97. The van der Waals surface area contributed by atoms with Gasteiger partial charge in [0.2, 0.25) is 0 Å². The standard InChI is InChI=1S/C8H7N3O/c1-6-7-4-9-2-3-11(7)8(5-12)10-6/h2-5H,1H3. The summed E-state index contributed by atoms with van der Waals surface area (Å²) in [5, 5.41) is 0. The van der Waals surface area contributed by atoms with Crippen LogP contribution in [-0.4, -0.2) is 20.7 Å². The molecule has 0 aromatic carbocycles. The zero-order valence-electron chi connectivity index (χ0n) is 6.56. The van der Waals surface area contributed by atoms with Gasteiger partial charge < -0.3 is 0 Å². The number of aldehydes is 1. The van der Waals surface area contributed by atoms with Gasteiger partial charge in [0.25, 0.3) is 0 Å². The van der Waals surface area contributed by atoms with Crippen molar-refractivity contribution in [2.24, 2.45) is 0 Å². The van der Waals surface area contributed by atoms with Crippen LogP contribution in [0.25, 0.3) is 5.52 Å². The molecule has 0 saturated carbocycles. The summed E-state index contributed by atoms with van der Waals surface area (Å²) in [5.74, 6) is 0.421. The van der Waals surface area contributed by atoms with Gasteiger partial charge in [-0.15, -0.1) is 0 Å². The molecule has 2 heterocycles. The van der Waals surface area contributed by atoms with Gasteiger partial charge in [-0.1, -0.05) is 0 Å². The Kier molecular flexibility index (Phi) is 1.40. The maximum atomic E-state index is 10.5. The van der Waals surface area contributed by atoms with Gasteiger partial charge in [-0.3, -0.25) is 14.2 Å². The minimum Gasteiger partial charge on any atom is -0.294 e. The summed E-state index contributed by atoms with van der Waals surface area (Å²) in [6, 6.07) is 0. The minimum absolute atomic E-state index is 0.421. The summed E-state index contributed by atoms with van der Waals surface area (Å²) in [5.41, 5.74) is 1.70. The first-order valence-corrected chi connectivity index (χ1v) is 3.57. The SMILES string of the molecule is Cc1nc(C=O)n2ccncc12. The molecule has 12 heavy (non-hydrogen) atoms. The number of carbonyl (C=O) groups excluding carboxylic acids is 1. The minimum atomic E-state index is 0.421. The van der Waals surface area contributed by atoms with Crippen LogP contribution in [-0.2, 0) is 0 Å². The van der Waals surface area contributed by atoms with Gasteiger partial charge in [0, 0.05) is 12.4 Å². The predicted molar refractivity (Wildman–Crippen MR) is 43.1 cm³/mol. The maximum Gasteiger partial charge on any atom is 0.185 e. The van der Waals surface area contributed by atoms with Gasteiger partial charge >= 0.3 is 0 Å². The molecule has 0 spiro atoms. The van der Waals surface area contributed by atoms with Crippen molar-refractivity contribution in [1.29, 1.82) is 0 Å². The van der Waals surface area contributed by atoms with E-state index in [1.54, 1.807) is 23.0 Å². The van der Waals surface area contributed by atoms with Crippen LogP contribution in [0.3, 0.4) is 0 Å². The Bertz CT molecular complexity index is 433. The zero-order chi connectivity index (χ0) is 8.55. The number of rotatable bonds is 1. The highest BCUT2D eigenvalue weighted by Crippen LogP contribution is 2.08. The Morgan fingerprint density at radius 1 is 1.58 bits per heavy atom. The van der Waals surface area contributed by atoms with Crippen LogP contribution in [0.15, 0.2) is 18.6 Å². The molecule has 0 aliphatic carbocycles. The number of carbonyl (C=O) groups is 1. The monoisotopic (exact) mass is 161 g/mol. The number of aryl methyl sites for hydroxylation is 1. The van der Waals surface area contributed by atoms with E-state index in [1.807, 2.05) is 6.92 Å². The molecule has 4 nitrogen and oxygen atoms in total. The van der Waals surface area contributed by atoms with Gasteiger partial charge in [-0.25, -0.2) is 4.98 Å². The number of hydrogen-bond acceptors (Lipinski definition) is 3. The van der Waals surface area contributed by atoms with Crippen LogP contribution in [0.2, 0.25) is 0 Å². The summed E-state index contributed by atoms with van der Waals surface area (Å²) >= 11 is 0. The molecule has 0 aliphatic rings. The molecule has 0 atom stereocenters. The van der Waals surface area contributed by atoms with Gasteiger partial charge in [0.15, 0.2) is 12.1 Å². The van der Waals surface area contributed by atoms with Crippen molar-refractivity contribution in [3.8, 4) is 0 Å². The van der Waals surface area contributed by atoms with Gasteiger partial charge in [-0.05, 0) is 6.92 Å². The van der Waals surface area contributed by atoms with Crippen LogP contribution >= 0.6 is 0 Å². The molecule has 0 fully saturated rings. The molecule has 4 heteroatoms. The Balaban J connectivity index is 2.91. The number of imidazole rings is 1. The maximum absolute atomic E-state index is 10.5. The summed E-state index contributed by atoms with van der Waals surface area (Å²) < 4.78 is 1.72. The predicted octanol–water partition coefficient (Wildman–Crippen LogP) is 0.850. The van der Waals surface area contributed by atoms with Crippen LogP contribution in [0.4, 0.5) is 0 Å². The number of hydrogen-bond donors (Lipinski definition) is 0. The van der Waals surface area contributed by atoms with E-state index in [-0.39, 0.29) is 0 Å². The number of nitrogens with zero attached hydrogens (tertiary/aromatic N) is 3. The molecule has 60 valence electrons. The average molecular weight is 161 g/mol. The molecule has 0 saturated heterocycles. The van der Waals surface area contributed by atoms with Crippen LogP contribution in [0, 0.1) is 6.92 Å². The van der Waals surface area contributed by atoms with E-state index in [2.05, 4.69) is 9.97 Å². The first-order valence-electron chi connectivity index (χ1n) is 3.57. The highest BCUT2D eigenvalue weighted by Gasteiger charge is 2.04. The summed E-state index contributed by atoms with van der Waals surface area (Å²) in [6.45, 7) is 1.85. The number of aromatic nitrogens is 3. The largest absolute Gasteiger partial charge is 0.294 e. The lowest BCUT2D eigenvalue weighted by atomic mass is 10.4. The van der Waals surface area contributed by atoms with Crippen molar-refractivity contribution in [2.45, 2.75) is 6.92 Å². The molecule has 0 amide bonds. The summed E-state index contributed by atoms with van der Waals surface area (Å²) in [4.78, 5) is 18.5. The molecular weight excluding hydrogens is 154 g/mol. The van der Waals surface area contributed by atoms with E-state index in [9.17, 15) is 4.79 Å². The quantitative estimate of drug-likeness (QED) is 0.582. The fourth-order valence-electron chi connectivity index (χ4n) is 1.19. The van der Waals surface area contributed by atoms with E-state index in [4.69, 9.17) is 0 Å². The Labute approximate surface area is 68.9 Å². The van der Waals surface area contributed by atoms with Crippen LogP contribution in [0.5, 0.6) is 0 Å². The summed E-state index contributed by atoms with van der Waals surface area (Å²) in [7, 11) is 0. The molecule has 2 rings (SSSR count). The molecule has 0 aliphatic heterocycles. The van der Waals surface area contributed by atoms with Crippen LogP contribution < -0.4 is 0 Å². The lowest BCUT2D eigenvalue weighted by Crippen LogP contribution is -1.91. The van der Waals surface area contributed by atoms with E-state index >= 15 is 0 Å². The van der Waals surface area contributed by atoms with Crippen molar-refractivity contribution in [3.05, 3.63) is 30.1 Å². The van der Waals surface area contributed by atoms with Crippen molar-refractivity contribution >= 4 is 11.8 Å². The highest BCUT2D eigenvalue weighted by molar-refractivity contribution is 5.73.